The minimum absolute atomic E-state index is 0.149. The van der Waals surface area contributed by atoms with Crippen molar-refractivity contribution in [2.24, 2.45) is 0 Å². The zero-order valence-electron chi connectivity index (χ0n) is 12.8. The molecule has 1 fully saturated rings. The summed E-state index contributed by atoms with van der Waals surface area (Å²) >= 11 is 1.59. The number of aryl methyl sites for hydroxylation is 1. The Morgan fingerprint density at radius 1 is 1.55 bits per heavy atom. The summed E-state index contributed by atoms with van der Waals surface area (Å²) in [5.41, 5.74) is 0.955. The molecule has 1 aliphatic heterocycles. The van der Waals surface area contributed by atoms with E-state index in [9.17, 15) is 4.79 Å². The third kappa shape index (κ3) is 3.20. The molecular formula is C15H20N4O2S. The first-order chi connectivity index (χ1) is 10.6. The molecule has 22 heavy (non-hydrogen) atoms. The molecule has 0 bridgehead atoms. The van der Waals surface area contributed by atoms with Gasteiger partial charge >= 0.3 is 0 Å². The van der Waals surface area contributed by atoms with Crippen LogP contribution in [-0.2, 0) is 11.2 Å². The zero-order chi connectivity index (χ0) is 15.5. The van der Waals surface area contributed by atoms with Crippen LogP contribution >= 0.6 is 11.3 Å². The Morgan fingerprint density at radius 2 is 2.41 bits per heavy atom. The van der Waals surface area contributed by atoms with Crippen molar-refractivity contribution in [2.75, 3.05) is 13.1 Å². The van der Waals surface area contributed by atoms with Crippen LogP contribution in [0.3, 0.4) is 0 Å². The lowest BCUT2D eigenvalue weighted by molar-refractivity contribution is -0.134. The second kappa shape index (κ2) is 6.58. The Bertz CT molecular complexity index is 625. The predicted octanol–water partition coefficient (Wildman–Crippen LogP) is 1.94. The van der Waals surface area contributed by atoms with E-state index >= 15 is 0 Å². The smallest absolute Gasteiger partial charge is 0.227 e. The molecule has 7 heteroatoms. The highest BCUT2D eigenvalue weighted by Crippen LogP contribution is 2.19. The van der Waals surface area contributed by atoms with Gasteiger partial charge in [-0.15, -0.1) is 0 Å². The monoisotopic (exact) mass is 320 g/mol. The van der Waals surface area contributed by atoms with Gasteiger partial charge in [-0.2, -0.15) is 16.3 Å². The van der Waals surface area contributed by atoms with Crippen molar-refractivity contribution in [3.05, 3.63) is 22.7 Å². The Hall–Kier alpha value is -1.73. The summed E-state index contributed by atoms with van der Waals surface area (Å²) in [4.78, 5) is 18.7. The Balaban J connectivity index is 1.57. The van der Waals surface area contributed by atoms with Gasteiger partial charge in [0.25, 0.3) is 0 Å². The lowest BCUT2D eigenvalue weighted by Gasteiger charge is -2.38. The first-order valence-corrected chi connectivity index (χ1v) is 8.47. The molecule has 118 valence electrons. The number of nitrogens with zero attached hydrogens (tertiary/aromatic N) is 3. The van der Waals surface area contributed by atoms with Crippen molar-refractivity contribution in [3.8, 4) is 11.4 Å². The maximum atomic E-state index is 12.4. The van der Waals surface area contributed by atoms with Crippen LogP contribution in [0.1, 0.15) is 26.2 Å². The van der Waals surface area contributed by atoms with Gasteiger partial charge in [-0.25, -0.2) is 0 Å². The van der Waals surface area contributed by atoms with Crippen molar-refractivity contribution in [1.29, 1.82) is 0 Å². The van der Waals surface area contributed by atoms with Crippen LogP contribution in [0.4, 0.5) is 0 Å². The third-order valence-corrected chi connectivity index (χ3v) is 4.84. The van der Waals surface area contributed by atoms with Gasteiger partial charge in [-0.05, 0) is 25.3 Å². The largest absolute Gasteiger partial charge is 0.339 e. The predicted molar refractivity (Wildman–Crippen MR) is 84.6 cm³/mol. The molecule has 0 aliphatic carbocycles. The summed E-state index contributed by atoms with van der Waals surface area (Å²) in [5, 5.41) is 11.3. The van der Waals surface area contributed by atoms with Gasteiger partial charge in [0.1, 0.15) is 0 Å². The first-order valence-electron chi connectivity index (χ1n) is 7.53. The molecule has 1 N–H and O–H groups in total. The number of thiophene rings is 1. The fourth-order valence-corrected chi connectivity index (χ4v) is 3.27. The van der Waals surface area contributed by atoms with Gasteiger partial charge in [0.05, 0.1) is 0 Å². The topological polar surface area (TPSA) is 71.3 Å². The first kappa shape index (κ1) is 15.2. The molecule has 1 aliphatic rings. The molecule has 2 aromatic heterocycles. The van der Waals surface area contributed by atoms with Crippen LogP contribution in [0.25, 0.3) is 11.4 Å². The van der Waals surface area contributed by atoms with E-state index in [2.05, 4.69) is 29.3 Å². The number of carbonyl (C=O) groups excluding carboxylic acids is 1. The normalized spacial score (nSPS) is 22.0. The minimum Gasteiger partial charge on any atom is -0.339 e. The van der Waals surface area contributed by atoms with E-state index in [0.29, 0.717) is 30.6 Å². The van der Waals surface area contributed by atoms with Crippen LogP contribution < -0.4 is 5.32 Å². The highest BCUT2D eigenvalue weighted by Gasteiger charge is 2.27. The average molecular weight is 320 g/mol. The number of carbonyl (C=O) groups is 1. The van der Waals surface area contributed by atoms with Crippen LogP contribution in [0.5, 0.6) is 0 Å². The second-order valence-corrected chi connectivity index (χ2v) is 6.37. The molecule has 2 aromatic rings. The standard InChI is InChI=1S/C15H20N4O2S/c1-10-11(2)19(7-6-16-10)14(20)4-3-13-17-15(18-21-13)12-5-8-22-9-12/h5,8-11,16H,3-4,6-7H2,1-2H3. The maximum absolute atomic E-state index is 12.4. The molecule has 0 aromatic carbocycles. The van der Waals surface area contributed by atoms with E-state index in [1.165, 1.54) is 0 Å². The number of rotatable bonds is 4. The summed E-state index contributed by atoms with van der Waals surface area (Å²) in [7, 11) is 0. The number of hydrogen-bond donors (Lipinski definition) is 1. The highest BCUT2D eigenvalue weighted by molar-refractivity contribution is 7.08. The van der Waals surface area contributed by atoms with Crippen molar-refractivity contribution < 1.29 is 9.32 Å². The molecule has 2 unspecified atom stereocenters. The molecular weight excluding hydrogens is 300 g/mol. The van der Waals surface area contributed by atoms with E-state index < -0.39 is 0 Å². The summed E-state index contributed by atoms with van der Waals surface area (Å²) in [6.07, 6.45) is 0.892. The van der Waals surface area contributed by atoms with E-state index in [-0.39, 0.29) is 11.9 Å². The van der Waals surface area contributed by atoms with Crippen LogP contribution in [-0.4, -0.2) is 46.1 Å². The maximum Gasteiger partial charge on any atom is 0.227 e. The molecule has 0 saturated carbocycles. The summed E-state index contributed by atoms with van der Waals surface area (Å²) < 4.78 is 5.23. The van der Waals surface area contributed by atoms with Crippen molar-refractivity contribution in [1.82, 2.24) is 20.4 Å². The van der Waals surface area contributed by atoms with Gasteiger partial charge < -0.3 is 14.7 Å². The van der Waals surface area contributed by atoms with E-state index in [0.717, 1.165) is 18.7 Å². The van der Waals surface area contributed by atoms with E-state index in [1.807, 2.05) is 21.7 Å². The van der Waals surface area contributed by atoms with Crippen LogP contribution in [0.15, 0.2) is 21.3 Å². The molecule has 2 atom stereocenters. The van der Waals surface area contributed by atoms with Gasteiger partial charge in [-0.3, -0.25) is 4.79 Å². The Kier molecular flexibility index (Phi) is 4.54. The number of piperazine rings is 1. The van der Waals surface area contributed by atoms with Crippen LogP contribution in [0.2, 0.25) is 0 Å². The van der Waals surface area contributed by atoms with Crippen molar-refractivity contribution in [2.45, 2.75) is 38.8 Å². The van der Waals surface area contributed by atoms with Gasteiger partial charge in [0.2, 0.25) is 17.6 Å². The lowest BCUT2D eigenvalue weighted by atomic mass is 10.1. The SMILES string of the molecule is CC1NCCN(C(=O)CCc2nc(-c3ccsc3)no2)C1C. The minimum atomic E-state index is 0.149. The number of amides is 1. The number of hydrogen-bond acceptors (Lipinski definition) is 6. The van der Waals surface area contributed by atoms with Gasteiger partial charge in [0, 0.05) is 49.0 Å². The fourth-order valence-electron chi connectivity index (χ4n) is 2.63. The van der Waals surface area contributed by atoms with Crippen LogP contribution in [0, 0.1) is 0 Å². The molecule has 0 radical (unpaired) electrons. The summed E-state index contributed by atoms with van der Waals surface area (Å²) in [6.45, 7) is 5.79. The Morgan fingerprint density at radius 3 is 3.18 bits per heavy atom. The zero-order valence-corrected chi connectivity index (χ0v) is 13.6. The highest BCUT2D eigenvalue weighted by atomic mass is 32.1. The summed E-state index contributed by atoms with van der Waals surface area (Å²) in [6, 6.07) is 2.49. The molecule has 3 heterocycles. The number of aromatic nitrogens is 2. The molecule has 1 saturated heterocycles. The lowest BCUT2D eigenvalue weighted by Crippen LogP contribution is -2.57. The Labute approximate surface area is 133 Å². The average Bonchev–Trinajstić information content (AvgIpc) is 3.18. The molecule has 1 amide bonds. The van der Waals surface area contributed by atoms with E-state index in [1.54, 1.807) is 11.3 Å². The van der Waals surface area contributed by atoms with Gasteiger partial charge in [0.15, 0.2) is 0 Å². The summed E-state index contributed by atoms with van der Waals surface area (Å²) in [5.74, 6) is 1.26. The van der Waals surface area contributed by atoms with E-state index in [4.69, 9.17) is 4.52 Å². The molecule has 0 spiro atoms. The third-order valence-electron chi connectivity index (χ3n) is 4.15. The van der Waals surface area contributed by atoms with Crippen molar-refractivity contribution >= 4 is 17.2 Å². The molecule has 6 nitrogen and oxygen atoms in total. The molecule has 3 rings (SSSR count). The fraction of sp³-hybridized carbons (Fsp3) is 0.533. The second-order valence-electron chi connectivity index (χ2n) is 5.59. The van der Waals surface area contributed by atoms with Gasteiger partial charge in [-0.1, -0.05) is 5.16 Å². The quantitative estimate of drug-likeness (QED) is 0.932. The van der Waals surface area contributed by atoms with Crippen molar-refractivity contribution in [3.63, 3.8) is 0 Å². The number of nitrogens with one attached hydrogen (secondary N) is 1.